The Morgan fingerprint density at radius 3 is 1.64 bits per heavy atom. The van der Waals surface area contributed by atoms with Gasteiger partial charge in [-0.25, -0.2) is 14.4 Å². The largest absolute Gasteiger partial charge is 0.514 e. The summed E-state index contributed by atoms with van der Waals surface area (Å²) in [4.78, 5) is 49.1. The smallest absolute Gasteiger partial charge is 0.480 e. The molecule has 0 aliphatic heterocycles. The fourth-order valence-corrected chi connectivity index (χ4v) is 4.39. The SMILES string of the molecule is CCCC(C)OC(=O)OCC(C)C(c1ccc(OC(=O)OC(C)CCC)c(OC(=O)OC(C)CCC)c1)[C@H](N)C(=O)O. The number of ether oxygens (including phenoxy) is 6. The van der Waals surface area contributed by atoms with Crippen molar-refractivity contribution < 1.29 is 52.7 Å². The Hall–Kier alpha value is -3.54. The molecule has 238 valence electrons. The molecule has 1 aromatic carbocycles. The van der Waals surface area contributed by atoms with E-state index in [0.717, 1.165) is 19.3 Å². The Morgan fingerprint density at radius 2 is 1.19 bits per heavy atom. The number of hydrogen-bond acceptors (Lipinski definition) is 11. The molecule has 1 rings (SSSR count). The topological polar surface area (TPSA) is 170 Å². The number of carbonyl (C=O) groups is 4. The number of carbonyl (C=O) groups excluding carboxylic acids is 3. The normalized spacial score (nSPS) is 15.2. The molecule has 0 heterocycles. The zero-order valence-electron chi connectivity index (χ0n) is 25.8. The van der Waals surface area contributed by atoms with E-state index in [-0.39, 0.29) is 24.2 Å². The quantitative estimate of drug-likeness (QED) is 0.113. The molecule has 0 aromatic heterocycles. The van der Waals surface area contributed by atoms with Crippen molar-refractivity contribution in [2.75, 3.05) is 6.61 Å². The fraction of sp³-hybridized carbons (Fsp3) is 0.667. The molecule has 0 saturated heterocycles. The number of aliphatic carboxylic acids is 1. The van der Waals surface area contributed by atoms with Gasteiger partial charge in [0.1, 0.15) is 24.4 Å². The molecule has 0 aliphatic carbocycles. The molecule has 0 radical (unpaired) electrons. The molecule has 12 heteroatoms. The van der Waals surface area contributed by atoms with Crippen LogP contribution in [0.4, 0.5) is 14.4 Å². The van der Waals surface area contributed by atoms with Crippen molar-refractivity contribution in [2.45, 2.75) is 117 Å². The molecule has 5 unspecified atom stereocenters. The second-order valence-electron chi connectivity index (χ2n) is 10.5. The summed E-state index contributed by atoms with van der Waals surface area (Å²) in [6, 6.07) is 2.75. The van der Waals surface area contributed by atoms with Crippen LogP contribution >= 0.6 is 0 Å². The van der Waals surface area contributed by atoms with Gasteiger partial charge in [0.15, 0.2) is 11.5 Å². The van der Waals surface area contributed by atoms with E-state index in [9.17, 15) is 24.3 Å². The summed E-state index contributed by atoms with van der Waals surface area (Å²) in [7, 11) is 0. The molecular formula is C30H47NO11. The average Bonchev–Trinajstić information content (AvgIpc) is 2.89. The van der Waals surface area contributed by atoms with Crippen molar-refractivity contribution in [3.63, 3.8) is 0 Å². The second kappa shape index (κ2) is 18.8. The van der Waals surface area contributed by atoms with Crippen LogP contribution in [0, 0.1) is 5.92 Å². The van der Waals surface area contributed by atoms with Crippen LogP contribution in [0.2, 0.25) is 0 Å². The van der Waals surface area contributed by atoms with Crippen LogP contribution in [-0.4, -0.2) is 60.5 Å². The van der Waals surface area contributed by atoms with E-state index in [1.165, 1.54) is 18.2 Å². The molecule has 0 fully saturated rings. The van der Waals surface area contributed by atoms with Gasteiger partial charge in [-0.3, -0.25) is 4.79 Å². The molecular weight excluding hydrogens is 550 g/mol. The Balaban J connectivity index is 3.32. The van der Waals surface area contributed by atoms with E-state index in [1.807, 2.05) is 20.8 Å². The zero-order valence-corrected chi connectivity index (χ0v) is 25.8. The minimum Gasteiger partial charge on any atom is -0.480 e. The Labute approximate surface area is 248 Å². The Bertz CT molecular complexity index is 1010. The van der Waals surface area contributed by atoms with Gasteiger partial charge in [-0.05, 0) is 63.6 Å². The molecule has 1 aromatic rings. The van der Waals surface area contributed by atoms with Crippen LogP contribution in [0.1, 0.15) is 98.5 Å². The lowest BCUT2D eigenvalue weighted by Crippen LogP contribution is -2.40. The van der Waals surface area contributed by atoms with Crippen molar-refractivity contribution in [3.8, 4) is 11.5 Å². The lowest BCUT2D eigenvalue weighted by Gasteiger charge is -2.28. The molecule has 0 saturated carbocycles. The van der Waals surface area contributed by atoms with Crippen molar-refractivity contribution >= 4 is 24.4 Å². The lowest BCUT2D eigenvalue weighted by atomic mass is 9.82. The van der Waals surface area contributed by atoms with Gasteiger partial charge >= 0.3 is 24.4 Å². The average molecular weight is 598 g/mol. The summed E-state index contributed by atoms with van der Waals surface area (Å²) in [5, 5.41) is 9.73. The molecule has 0 spiro atoms. The Morgan fingerprint density at radius 1 is 0.738 bits per heavy atom. The third-order valence-electron chi connectivity index (χ3n) is 6.47. The maximum Gasteiger partial charge on any atom is 0.514 e. The van der Waals surface area contributed by atoms with E-state index in [2.05, 4.69) is 0 Å². The highest BCUT2D eigenvalue weighted by Gasteiger charge is 2.33. The highest BCUT2D eigenvalue weighted by atomic mass is 16.8. The fourth-order valence-electron chi connectivity index (χ4n) is 4.39. The number of benzene rings is 1. The summed E-state index contributed by atoms with van der Waals surface area (Å²) in [6.07, 6.45) is 0.207. The third-order valence-corrected chi connectivity index (χ3v) is 6.47. The first-order valence-corrected chi connectivity index (χ1v) is 14.5. The monoisotopic (exact) mass is 597 g/mol. The van der Waals surface area contributed by atoms with Gasteiger partial charge in [-0.15, -0.1) is 0 Å². The Kier molecular flexibility index (Phi) is 16.3. The number of hydrogen-bond donors (Lipinski definition) is 2. The first kappa shape index (κ1) is 36.5. The minimum atomic E-state index is -1.42. The predicted octanol–water partition coefficient (Wildman–Crippen LogP) is 6.57. The molecule has 0 bridgehead atoms. The van der Waals surface area contributed by atoms with Gasteiger partial charge < -0.3 is 39.3 Å². The van der Waals surface area contributed by atoms with E-state index < -0.39 is 54.5 Å². The molecule has 0 amide bonds. The first-order valence-electron chi connectivity index (χ1n) is 14.5. The van der Waals surface area contributed by atoms with Crippen LogP contribution in [0.15, 0.2) is 18.2 Å². The van der Waals surface area contributed by atoms with Gasteiger partial charge in [-0.1, -0.05) is 53.0 Å². The summed E-state index contributed by atoms with van der Waals surface area (Å²) >= 11 is 0. The van der Waals surface area contributed by atoms with E-state index in [0.29, 0.717) is 24.8 Å². The van der Waals surface area contributed by atoms with Gasteiger partial charge in [0.05, 0.1) is 6.61 Å². The molecule has 6 atom stereocenters. The predicted molar refractivity (Wildman–Crippen MR) is 154 cm³/mol. The van der Waals surface area contributed by atoms with Crippen molar-refractivity contribution in [1.29, 1.82) is 0 Å². The maximum atomic E-state index is 12.6. The van der Waals surface area contributed by atoms with Crippen LogP contribution in [0.25, 0.3) is 0 Å². The van der Waals surface area contributed by atoms with Gasteiger partial charge in [0.2, 0.25) is 0 Å². The lowest BCUT2D eigenvalue weighted by molar-refractivity contribution is -0.139. The molecule has 0 aliphatic rings. The van der Waals surface area contributed by atoms with Crippen LogP contribution in [0.3, 0.4) is 0 Å². The van der Waals surface area contributed by atoms with Crippen molar-refractivity contribution in [1.82, 2.24) is 0 Å². The number of nitrogens with two attached hydrogens (primary N) is 1. The summed E-state index contributed by atoms with van der Waals surface area (Å²) in [5.74, 6) is -3.17. The standard InChI is InChI=1S/C30H47NO11/c1-8-11-19(5)38-28(34)37-17-18(4)25(26(31)27(32)33)22-14-15-23(41-29(35)39-20(6)12-9-2)24(16-22)42-30(36)40-21(7)13-10-3/h14-16,18-21,25-26H,8-13,17,31H2,1-7H3,(H,32,33)/t18?,19?,20?,21?,25?,26-/m0/s1. The summed E-state index contributed by atoms with van der Waals surface area (Å²) in [5.41, 5.74) is 6.40. The highest BCUT2D eigenvalue weighted by molar-refractivity contribution is 5.75. The molecule has 3 N–H and O–H groups in total. The van der Waals surface area contributed by atoms with E-state index >= 15 is 0 Å². The van der Waals surface area contributed by atoms with Crippen LogP contribution < -0.4 is 15.2 Å². The third kappa shape index (κ3) is 13.0. The summed E-state index contributed by atoms with van der Waals surface area (Å²) < 4.78 is 31.7. The molecule has 12 nitrogen and oxygen atoms in total. The van der Waals surface area contributed by atoms with E-state index in [1.54, 1.807) is 27.7 Å². The number of carboxylic acid groups (broad SMARTS) is 1. The number of carboxylic acids is 1. The van der Waals surface area contributed by atoms with Crippen LogP contribution in [0.5, 0.6) is 11.5 Å². The maximum absolute atomic E-state index is 12.6. The van der Waals surface area contributed by atoms with Crippen molar-refractivity contribution in [2.24, 2.45) is 11.7 Å². The minimum absolute atomic E-state index is 0.146. The zero-order chi connectivity index (χ0) is 31.8. The first-order chi connectivity index (χ1) is 19.8. The van der Waals surface area contributed by atoms with Gasteiger partial charge in [-0.2, -0.15) is 0 Å². The van der Waals surface area contributed by atoms with Gasteiger partial charge in [0, 0.05) is 5.92 Å². The molecule has 42 heavy (non-hydrogen) atoms. The highest BCUT2D eigenvalue weighted by Crippen LogP contribution is 2.36. The summed E-state index contributed by atoms with van der Waals surface area (Å²) in [6.45, 7) is 12.5. The van der Waals surface area contributed by atoms with Gasteiger partial charge in [0.25, 0.3) is 0 Å². The van der Waals surface area contributed by atoms with Crippen molar-refractivity contribution in [3.05, 3.63) is 23.8 Å². The number of rotatable bonds is 17. The van der Waals surface area contributed by atoms with Crippen LogP contribution in [-0.2, 0) is 23.7 Å². The van der Waals surface area contributed by atoms with E-state index in [4.69, 9.17) is 34.2 Å². The second-order valence-corrected chi connectivity index (χ2v) is 10.5.